The summed E-state index contributed by atoms with van der Waals surface area (Å²) in [4.78, 5) is 26.5. The summed E-state index contributed by atoms with van der Waals surface area (Å²) in [5.41, 5.74) is 2.19. The molecule has 0 fully saturated rings. The average molecular weight is 288 g/mol. The van der Waals surface area contributed by atoms with Crippen molar-refractivity contribution in [3.8, 4) is 0 Å². The van der Waals surface area contributed by atoms with Crippen molar-refractivity contribution in [1.82, 2.24) is 5.32 Å². The lowest BCUT2D eigenvalue weighted by atomic mass is 10.0. The maximum Gasteiger partial charge on any atom is 0.249 e. The number of fused-ring (bicyclic) bond motifs is 1. The van der Waals surface area contributed by atoms with E-state index in [4.69, 9.17) is 0 Å². The summed E-state index contributed by atoms with van der Waals surface area (Å²) in [6, 6.07) is 7.53. The van der Waals surface area contributed by atoms with E-state index in [1.54, 1.807) is 0 Å². The van der Waals surface area contributed by atoms with Gasteiger partial charge in [0.15, 0.2) is 0 Å². The zero-order valence-corrected chi connectivity index (χ0v) is 13.1. The molecule has 0 bridgehead atoms. The molecule has 0 radical (unpaired) electrons. The number of benzene rings is 1. The van der Waals surface area contributed by atoms with Crippen LogP contribution < -0.4 is 10.2 Å². The summed E-state index contributed by atoms with van der Waals surface area (Å²) in [6.45, 7) is 6.60. The molecule has 1 N–H and O–H groups in total. The van der Waals surface area contributed by atoms with Crippen molar-refractivity contribution in [1.29, 1.82) is 0 Å². The molecule has 1 aromatic carbocycles. The predicted molar refractivity (Wildman–Crippen MR) is 84.2 cm³/mol. The summed E-state index contributed by atoms with van der Waals surface area (Å²) in [5.74, 6) is 0.0301. The predicted octanol–water partition coefficient (Wildman–Crippen LogP) is 2.52. The van der Waals surface area contributed by atoms with E-state index in [0.717, 1.165) is 18.5 Å². The zero-order valence-electron chi connectivity index (χ0n) is 13.1. The van der Waals surface area contributed by atoms with Crippen LogP contribution >= 0.6 is 0 Å². The highest BCUT2D eigenvalue weighted by atomic mass is 16.2. The van der Waals surface area contributed by atoms with Gasteiger partial charge in [-0.3, -0.25) is 9.59 Å². The van der Waals surface area contributed by atoms with E-state index < -0.39 is 6.04 Å². The smallest absolute Gasteiger partial charge is 0.249 e. The molecule has 0 aliphatic carbocycles. The molecule has 1 atom stereocenters. The van der Waals surface area contributed by atoms with Crippen LogP contribution in [-0.2, 0) is 16.0 Å². The molecule has 114 valence electrons. The third kappa shape index (κ3) is 3.43. The van der Waals surface area contributed by atoms with E-state index in [1.807, 2.05) is 43.9 Å². The van der Waals surface area contributed by atoms with Crippen molar-refractivity contribution >= 4 is 17.5 Å². The van der Waals surface area contributed by atoms with Crippen molar-refractivity contribution < 1.29 is 9.59 Å². The Balaban J connectivity index is 2.15. The summed E-state index contributed by atoms with van der Waals surface area (Å²) >= 11 is 0. The minimum atomic E-state index is -0.449. The van der Waals surface area contributed by atoms with Gasteiger partial charge in [-0.2, -0.15) is 0 Å². The van der Waals surface area contributed by atoms with Gasteiger partial charge in [-0.05, 0) is 30.4 Å². The van der Waals surface area contributed by atoms with Gasteiger partial charge in [0, 0.05) is 18.7 Å². The fraction of sp³-hybridized carbons (Fsp3) is 0.529. The van der Waals surface area contributed by atoms with Gasteiger partial charge in [-0.15, -0.1) is 0 Å². The van der Waals surface area contributed by atoms with Crippen LogP contribution in [-0.4, -0.2) is 24.4 Å². The Morgan fingerprint density at radius 1 is 1.29 bits per heavy atom. The molecule has 0 saturated heterocycles. The number of nitrogens with one attached hydrogen (secondary N) is 1. The van der Waals surface area contributed by atoms with E-state index in [0.29, 0.717) is 13.0 Å². The second kappa shape index (κ2) is 6.74. The lowest BCUT2D eigenvalue weighted by molar-refractivity contribution is -0.128. The van der Waals surface area contributed by atoms with E-state index in [1.165, 1.54) is 5.56 Å². The monoisotopic (exact) mass is 288 g/mol. The molecule has 1 aromatic rings. The number of nitrogens with zero attached hydrogens (tertiary/aromatic N) is 1. The number of hydrogen-bond donors (Lipinski definition) is 1. The van der Waals surface area contributed by atoms with Gasteiger partial charge >= 0.3 is 0 Å². The van der Waals surface area contributed by atoms with Crippen LogP contribution in [0.3, 0.4) is 0 Å². The number of hydrogen-bond acceptors (Lipinski definition) is 2. The minimum Gasteiger partial charge on any atom is -0.344 e. The van der Waals surface area contributed by atoms with Gasteiger partial charge in [-0.1, -0.05) is 39.0 Å². The molecule has 1 aliphatic rings. The Morgan fingerprint density at radius 2 is 2.00 bits per heavy atom. The van der Waals surface area contributed by atoms with E-state index in [-0.39, 0.29) is 17.7 Å². The molecule has 0 unspecified atom stereocenters. The lowest BCUT2D eigenvalue weighted by Crippen LogP contribution is -2.51. The normalized spacial score (nSPS) is 15.0. The maximum atomic E-state index is 12.8. The van der Waals surface area contributed by atoms with Crippen LogP contribution in [0.5, 0.6) is 0 Å². The number of amides is 2. The Labute approximate surface area is 126 Å². The second-order valence-corrected chi connectivity index (χ2v) is 5.91. The highest BCUT2D eigenvalue weighted by Gasteiger charge is 2.32. The first kappa shape index (κ1) is 15.5. The average Bonchev–Trinajstić information content (AvgIpc) is 2.88. The first-order chi connectivity index (χ1) is 10.0. The minimum absolute atomic E-state index is 0.000553. The molecule has 2 rings (SSSR count). The Hall–Kier alpha value is -1.84. The topological polar surface area (TPSA) is 49.4 Å². The van der Waals surface area contributed by atoms with Gasteiger partial charge in [0.2, 0.25) is 11.8 Å². The Morgan fingerprint density at radius 3 is 2.67 bits per heavy atom. The van der Waals surface area contributed by atoms with Gasteiger partial charge in [0.1, 0.15) is 6.04 Å². The molecule has 1 aliphatic heterocycles. The number of carbonyl (C=O) groups is 2. The first-order valence-corrected chi connectivity index (χ1v) is 7.73. The maximum absolute atomic E-state index is 12.8. The van der Waals surface area contributed by atoms with E-state index >= 15 is 0 Å². The van der Waals surface area contributed by atoms with Crippen molar-refractivity contribution in [2.45, 2.75) is 46.1 Å². The molecule has 1 heterocycles. The van der Waals surface area contributed by atoms with Gasteiger partial charge < -0.3 is 10.2 Å². The number of anilines is 1. The standard InChI is InChI=1S/C17H24N2O2/c1-4-7-15(20)18-16(12(2)3)17(21)19-11-10-13-8-5-6-9-14(13)19/h5-6,8-9,12,16H,4,7,10-11H2,1-3H3,(H,18,20)/t16-/m1/s1. The molecular weight excluding hydrogens is 264 g/mol. The molecule has 0 spiro atoms. The van der Waals surface area contributed by atoms with Crippen molar-refractivity contribution in [3.63, 3.8) is 0 Å². The highest BCUT2D eigenvalue weighted by molar-refractivity contribution is 6.00. The third-order valence-corrected chi connectivity index (χ3v) is 3.88. The van der Waals surface area contributed by atoms with Gasteiger partial charge in [-0.25, -0.2) is 0 Å². The van der Waals surface area contributed by atoms with Gasteiger partial charge in [0.05, 0.1) is 0 Å². The summed E-state index contributed by atoms with van der Waals surface area (Å²) in [5, 5.41) is 2.89. The third-order valence-electron chi connectivity index (χ3n) is 3.88. The Bertz CT molecular complexity index is 525. The second-order valence-electron chi connectivity index (χ2n) is 5.91. The van der Waals surface area contributed by atoms with Gasteiger partial charge in [0.25, 0.3) is 0 Å². The van der Waals surface area contributed by atoms with Crippen LogP contribution in [0.1, 0.15) is 39.2 Å². The molecule has 4 heteroatoms. The Kier molecular flexibility index (Phi) is 4.99. The van der Waals surface area contributed by atoms with Crippen molar-refractivity contribution in [3.05, 3.63) is 29.8 Å². The number of para-hydroxylation sites is 1. The summed E-state index contributed by atoms with van der Waals surface area (Å²) < 4.78 is 0. The van der Waals surface area contributed by atoms with Crippen LogP contribution in [0, 0.1) is 5.92 Å². The quantitative estimate of drug-likeness (QED) is 0.905. The zero-order chi connectivity index (χ0) is 15.4. The van der Waals surface area contributed by atoms with Crippen LogP contribution in [0.2, 0.25) is 0 Å². The van der Waals surface area contributed by atoms with E-state index in [9.17, 15) is 9.59 Å². The summed E-state index contributed by atoms with van der Waals surface area (Å²) in [6.07, 6.45) is 2.14. The van der Waals surface area contributed by atoms with E-state index in [2.05, 4.69) is 11.4 Å². The first-order valence-electron chi connectivity index (χ1n) is 7.73. The molecular formula is C17H24N2O2. The van der Waals surface area contributed by atoms with Crippen LogP contribution in [0.25, 0.3) is 0 Å². The van der Waals surface area contributed by atoms with Crippen LogP contribution in [0.4, 0.5) is 5.69 Å². The largest absolute Gasteiger partial charge is 0.344 e. The molecule has 4 nitrogen and oxygen atoms in total. The molecule has 0 saturated carbocycles. The fourth-order valence-electron chi connectivity index (χ4n) is 2.72. The number of rotatable bonds is 5. The number of carbonyl (C=O) groups excluding carboxylic acids is 2. The van der Waals surface area contributed by atoms with Crippen molar-refractivity contribution in [2.24, 2.45) is 5.92 Å². The molecule has 0 aromatic heterocycles. The SMILES string of the molecule is CCCC(=O)N[C@@H](C(=O)N1CCc2ccccc21)C(C)C. The summed E-state index contributed by atoms with van der Waals surface area (Å²) in [7, 11) is 0. The highest BCUT2D eigenvalue weighted by Crippen LogP contribution is 2.28. The molecule has 21 heavy (non-hydrogen) atoms. The lowest BCUT2D eigenvalue weighted by Gasteiger charge is -2.27. The fourth-order valence-corrected chi connectivity index (χ4v) is 2.72. The molecule has 2 amide bonds. The van der Waals surface area contributed by atoms with Crippen molar-refractivity contribution in [2.75, 3.05) is 11.4 Å². The van der Waals surface area contributed by atoms with Crippen LogP contribution in [0.15, 0.2) is 24.3 Å².